The molecule has 0 aliphatic heterocycles. The summed E-state index contributed by atoms with van der Waals surface area (Å²) in [4.78, 5) is 12.1. The number of amides is 1. The van der Waals surface area contributed by atoms with Crippen molar-refractivity contribution in [3.8, 4) is 0 Å². The van der Waals surface area contributed by atoms with Gasteiger partial charge in [0.1, 0.15) is 5.82 Å². The summed E-state index contributed by atoms with van der Waals surface area (Å²) in [5.74, 6) is -0.248. The molecule has 0 saturated carbocycles. The van der Waals surface area contributed by atoms with Gasteiger partial charge in [0.15, 0.2) is 0 Å². The van der Waals surface area contributed by atoms with Crippen molar-refractivity contribution in [1.82, 2.24) is 0 Å². The van der Waals surface area contributed by atoms with Gasteiger partial charge in [-0.05, 0) is 57.7 Å². The van der Waals surface area contributed by atoms with Crippen molar-refractivity contribution in [3.05, 3.63) is 63.9 Å². The summed E-state index contributed by atoms with van der Waals surface area (Å²) in [6, 6.07) is 11.9. The van der Waals surface area contributed by atoms with Gasteiger partial charge in [0.2, 0.25) is 0 Å². The second kappa shape index (κ2) is 6.18. The summed E-state index contributed by atoms with van der Waals surface area (Å²) < 4.78 is 13.4. The number of nitrogens with one attached hydrogen (secondary N) is 1. The first-order chi connectivity index (χ1) is 9.47. The van der Waals surface area contributed by atoms with Crippen molar-refractivity contribution < 1.29 is 9.18 Å². The Bertz CT molecular complexity index is 640. The highest BCUT2D eigenvalue weighted by atomic mass is 79.9. The third-order valence-electron chi connectivity index (χ3n) is 2.99. The van der Waals surface area contributed by atoms with Gasteiger partial charge in [0.05, 0.1) is 4.47 Å². The van der Waals surface area contributed by atoms with E-state index in [0.29, 0.717) is 11.5 Å². The fourth-order valence-electron chi connectivity index (χ4n) is 1.82. The molecule has 0 radical (unpaired) electrons. The zero-order valence-electron chi connectivity index (χ0n) is 11.3. The predicted octanol–water partition coefficient (Wildman–Crippen LogP) is 4.96. The van der Waals surface area contributed by atoms with Crippen molar-refractivity contribution >= 4 is 27.5 Å². The molecule has 0 heterocycles. The molecule has 0 bridgehead atoms. The van der Waals surface area contributed by atoms with E-state index >= 15 is 0 Å². The van der Waals surface area contributed by atoms with E-state index in [0.717, 1.165) is 11.3 Å². The number of hydrogen-bond acceptors (Lipinski definition) is 1. The number of halogens is 2. The lowest BCUT2D eigenvalue weighted by atomic mass is 10.0. The topological polar surface area (TPSA) is 29.1 Å². The lowest BCUT2D eigenvalue weighted by Gasteiger charge is -2.10. The van der Waals surface area contributed by atoms with E-state index in [2.05, 4.69) is 35.1 Å². The summed E-state index contributed by atoms with van der Waals surface area (Å²) in [5.41, 5.74) is 2.30. The molecule has 0 aliphatic carbocycles. The van der Waals surface area contributed by atoms with E-state index in [4.69, 9.17) is 0 Å². The van der Waals surface area contributed by atoms with E-state index in [1.165, 1.54) is 18.2 Å². The van der Waals surface area contributed by atoms with Crippen LogP contribution in [0, 0.1) is 5.82 Å². The molecule has 20 heavy (non-hydrogen) atoms. The quantitative estimate of drug-likeness (QED) is 0.843. The summed E-state index contributed by atoms with van der Waals surface area (Å²) in [7, 11) is 0. The number of hydrogen-bond donors (Lipinski definition) is 1. The molecule has 0 spiro atoms. The molecule has 4 heteroatoms. The molecule has 104 valence electrons. The molecule has 0 unspecified atom stereocenters. The third-order valence-corrected chi connectivity index (χ3v) is 3.60. The molecule has 2 rings (SSSR count). The van der Waals surface area contributed by atoms with Crippen LogP contribution in [0.15, 0.2) is 46.9 Å². The Kier molecular flexibility index (Phi) is 4.55. The highest BCUT2D eigenvalue weighted by Gasteiger charge is 2.09. The maximum Gasteiger partial charge on any atom is 0.255 e. The first-order valence-electron chi connectivity index (χ1n) is 6.33. The van der Waals surface area contributed by atoms with Gasteiger partial charge in [-0.2, -0.15) is 0 Å². The number of rotatable bonds is 3. The predicted molar refractivity (Wildman–Crippen MR) is 82.6 cm³/mol. The molecule has 2 aromatic carbocycles. The van der Waals surface area contributed by atoms with E-state index in [-0.39, 0.29) is 16.2 Å². The van der Waals surface area contributed by atoms with Gasteiger partial charge in [-0.25, -0.2) is 4.39 Å². The number of benzene rings is 2. The largest absolute Gasteiger partial charge is 0.322 e. The Hall–Kier alpha value is -1.68. The Labute approximate surface area is 126 Å². The second-order valence-electron chi connectivity index (χ2n) is 4.86. The molecular weight excluding hydrogens is 321 g/mol. The molecule has 0 atom stereocenters. The zero-order valence-corrected chi connectivity index (χ0v) is 12.9. The number of carbonyl (C=O) groups excluding carboxylic acids is 1. The van der Waals surface area contributed by atoms with Crippen molar-refractivity contribution in [2.45, 2.75) is 19.8 Å². The summed E-state index contributed by atoms with van der Waals surface area (Å²) in [5, 5.41) is 2.82. The van der Waals surface area contributed by atoms with Gasteiger partial charge in [-0.3, -0.25) is 4.79 Å². The Morgan fingerprint density at radius 2 is 1.95 bits per heavy atom. The van der Waals surface area contributed by atoms with Gasteiger partial charge in [-0.15, -0.1) is 0 Å². The smallest absolute Gasteiger partial charge is 0.255 e. The minimum Gasteiger partial charge on any atom is -0.322 e. The molecule has 0 aliphatic rings. The Balaban J connectivity index is 2.19. The first-order valence-corrected chi connectivity index (χ1v) is 7.13. The van der Waals surface area contributed by atoms with Crippen LogP contribution in [0.1, 0.15) is 35.7 Å². The zero-order chi connectivity index (χ0) is 14.7. The third kappa shape index (κ3) is 3.45. The van der Waals surface area contributed by atoms with Crippen LogP contribution in [0.4, 0.5) is 10.1 Å². The van der Waals surface area contributed by atoms with Crippen LogP contribution in [-0.2, 0) is 0 Å². The standard InChI is InChI=1S/C16H15BrFNO/c1-10(2)11-4-3-5-13(8-11)19-16(20)12-6-7-15(18)14(17)9-12/h3-10H,1-2H3,(H,19,20). The van der Waals surface area contributed by atoms with Gasteiger partial charge in [-0.1, -0.05) is 26.0 Å². The molecule has 0 fully saturated rings. The van der Waals surface area contributed by atoms with Crippen molar-refractivity contribution in [2.24, 2.45) is 0 Å². The SMILES string of the molecule is CC(C)c1cccc(NC(=O)c2ccc(F)c(Br)c2)c1. The van der Waals surface area contributed by atoms with Gasteiger partial charge in [0, 0.05) is 11.3 Å². The molecular formula is C16H15BrFNO. The summed E-state index contributed by atoms with van der Waals surface area (Å²) >= 11 is 3.08. The summed E-state index contributed by atoms with van der Waals surface area (Å²) in [6.45, 7) is 4.19. The maximum atomic E-state index is 13.2. The van der Waals surface area contributed by atoms with Crippen LogP contribution < -0.4 is 5.32 Å². The van der Waals surface area contributed by atoms with Crippen LogP contribution >= 0.6 is 15.9 Å². The van der Waals surface area contributed by atoms with E-state index in [1.54, 1.807) is 0 Å². The van der Waals surface area contributed by atoms with Crippen molar-refractivity contribution in [2.75, 3.05) is 5.32 Å². The normalized spacial score (nSPS) is 10.7. The Morgan fingerprint density at radius 1 is 1.20 bits per heavy atom. The minimum atomic E-state index is -0.386. The average Bonchev–Trinajstić information content (AvgIpc) is 2.42. The van der Waals surface area contributed by atoms with Gasteiger partial charge < -0.3 is 5.32 Å². The number of carbonyl (C=O) groups is 1. The van der Waals surface area contributed by atoms with Crippen LogP contribution in [0.5, 0.6) is 0 Å². The molecule has 0 saturated heterocycles. The molecule has 0 aromatic heterocycles. The lowest BCUT2D eigenvalue weighted by molar-refractivity contribution is 0.102. The Morgan fingerprint density at radius 3 is 2.60 bits per heavy atom. The van der Waals surface area contributed by atoms with Gasteiger partial charge >= 0.3 is 0 Å². The highest BCUT2D eigenvalue weighted by Crippen LogP contribution is 2.20. The fourth-order valence-corrected chi connectivity index (χ4v) is 2.19. The molecule has 1 N–H and O–H groups in total. The maximum absolute atomic E-state index is 13.2. The van der Waals surface area contributed by atoms with Crippen LogP contribution in [0.3, 0.4) is 0 Å². The van der Waals surface area contributed by atoms with Crippen LogP contribution in [0.25, 0.3) is 0 Å². The minimum absolute atomic E-state index is 0.258. The average molecular weight is 336 g/mol. The van der Waals surface area contributed by atoms with Gasteiger partial charge in [0.25, 0.3) is 5.91 Å². The lowest BCUT2D eigenvalue weighted by Crippen LogP contribution is -2.12. The van der Waals surface area contributed by atoms with Crippen LogP contribution in [-0.4, -0.2) is 5.91 Å². The fraction of sp³-hybridized carbons (Fsp3) is 0.188. The van der Waals surface area contributed by atoms with Crippen molar-refractivity contribution in [1.29, 1.82) is 0 Å². The number of anilines is 1. The highest BCUT2D eigenvalue weighted by molar-refractivity contribution is 9.10. The molecule has 2 nitrogen and oxygen atoms in total. The first kappa shape index (κ1) is 14.7. The summed E-state index contributed by atoms with van der Waals surface area (Å²) in [6.07, 6.45) is 0. The monoisotopic (exact) mass is 335 g/mol. The second-order valence-corrected chi connectivity index (χ2v) is 5.72. The molecule has 2 aromatic rings. The van der Waals surface area contributed by atoms with E-state index in [1.807, 2.05) is 24.3 Å². The van der Waals surface area contributed by atoms with E-state index in [9.17, 15) is 9.18 Å². The van der Waals surface area contributed by atoms with Crippen LogP contribution in [0.2, 0.25) is 0 Å². The van der Waals surface area contributed by atoms with E-state index < -0.39 is 0 Å². The molecule has 1 amide bonds. The van der Waals surface area contributed by atoms with Crippen molar-refractivity contribution in [3.63, 3.8) is 0 Å².